The number of nitrogens with zero attached hydrogens (tertiary/aromatic N) is 2. The third-order valence-electron chi connectivity index (χ3n) is 6.76. The lowest BCUT2D eigenvalue weighted by atomic mass is 9.78. The molecule has 0 radical (unpaired) electrons. The number of ether oxygens (including phenoxy) is 1. The highest BCUT2D eigenvalue weighted by atomic mass is 16.5. The average Bonchev–Trinajstić information content (AvgIpc) is 3.04. The zero-order valence-electron chi connectivity index (χ0n) is 17.1. The van der Waals surface area contributed by atoms with Gasteiger partial charge in [0.1, 0.15) is 11.4 Å². The summed E-state index contributed by atoms with van der Waals surface area (Å²) < 4.78 is 6.71. The molecular weight excluding hydrogens is 388 g/mol. The van der Waals surface area contributed by atoms with Gasteiger partial charge in [-0.3, -0.25) is 9.59 Å². The SMILES string of the molecule is O=C1c2ccccc2C(=O)N1/N=C1\CC2(CCCCC2)Oc2c1ccc1ccccc21. The number of hydrazone groups is 1. The Kier molecular flexibility index (Phi) is 4.00. The second-order valence-electron chi connectivity index (χ2n) is 8.70. The van der Waals surface area contributed by atoms with Crippen LogP contribution in [0.2, 0.25) is 0 Å². The van der Waals surface area contributed by atoms with E-state index >= 15 is 0 Å². The molecule has 1 aliphatic carbocycles. The van der Waals surface area contributed by atoms with E-state index in [0.29, 0.717) is 17.5 Å². The number of carbonyl (C=O) groups is 2. The van der Waals surface area contributed by atoms with Gasteiger partial charge in [-0.05, 0) is 49.3 Å². The van der Waals surface area contributed by atoms with Crippen LogP contribution in [0, 0.1) is 0 Å². The van der Waals surface area contributed by atoms with Crippen molar-refractivity contribution < 1.29 is 14.3 Å². The topological polar surface area (TPSA) is 59.0 Å². The van der Waals surface area contributed by atoms with Gasteiger partial charge in [-0.2, -0.15) is 10.1 Å². The van der Waals surface area contributed by atoms with Crippen LogP contribution >= 0.6 is 0 Å². The van der Waals surface area contributed by atoms with Crippen molar-refractivity contribution in [2.45, 2.75) is 44.1 Å². The number of rotatable bonds is 1. The van der Waals surface area contributed by atoms with E-state index in [1.165, 1.54) is 6.42 Å². The maximum Gasteiger partial charge on any atom is 0.282 e. The van der Waals surface area contributed by atoms with Gasteiger partial charge < -0.3 is 4.74 Å². The van der Waals surface area contributed by atoms with Gasteiger partial charge in [0.05, 0.1) is 16.8 Å². The van der Waals surface area contributed by atoms with Crippen molar-refractivity contribution in [2.24, 2.45) is 5.10 Å². The van der Waals surface area contributed by atoms with Crippen LogP contribution < -0.4 is 4.74 Å². The quantitative estimate of drug-likeness (QED) is 0.510. The smallest absolute Gasteiger partial charge is 0.282 e. The molecule has 2 heterocycles. The van der Waals surface area contributed by atoms with Crippen molar-refractivity contribution in [3.8, 4) is 5.75 Å². The van der Waals surface area contributed by atoms with Gasteiger partial charge in [-0.25, -0.2) is 0 Å². The second-order valence-corrected chi connectivity index (χ2v) is 8.70. The molecule has 2 aliphatic heterocycles. The Balaban J connectivity index is 1.51. The molecule has 31 heavy (non-hydrogen) atoms. The fraction of sp³-hybridized carbons (Fsp3) is 0.269. The fourth-order valence-electron chi connectivity index (χ4n) is 5.19. The van der Waals surface area contributed by atoms with Crippen molar-refractivity contribution in [3.63, 3.8) is 0 Å². The first-order valence-corrected chi connectivity index (χ1v) is 10.9. The molecule has 2 amide bonds. The normalized spacial score (nSPS) is 20.8. The van der Waals surface area contributed by atoms with E-state index in [-0.39, 0.29) is 17.4 Å². The lowest BCUT2D eigenvalue weighted by molar-refractivity contribution is 0.0329. The molecule has 3 aromatic carbocycles. The highest BCUT2D eigenvalue weighted by Crippen LogP contribution is 2.45. The van der Waals surface area contributed by atoms with Crippen LogP contribution in [0.25, 0.3) is 10.8 Å². The largest absolute Gasteiger partial charge is 0.486 e. The molecule has 0 saturated heterocycles. The van der Waals surface area contributed by atoms with Crippen LogP contribution in [-0.2, 0) is 0 Å². The molecule has 5 nitrogen and oxygen atoms in total. The van der Waals surface area contributed by atoms with Crippen molar-refractivity contribution in [1.82, 2.24) is 5.01 Å². The first-order valence-electron chi connectivity index (χ1n) is 10.9. The standard InChI is InChI=1S/C26H22N2O3/c29-24-19-10-4-5-11-20(19)25(30)28(24)27-22-16-26(14-6-1-7-15-26)31-23-18-9-3-2-8-17(18)12-13-21(22)23/h2-5,8-13H,1,6-7,14-16H2/b27-22+. The first kappa shape index (κ1) is 18.3. The van der Waals surface area contributed by atoms with Gasteiger partial charge >= 0.3 is 0 Å². The van der Waals surface area contributed by atoms with Crippen LogP contribution in [0.15, 0.2) is 65.8 Å². The van der Waals surface area contributed by atoms with Gasteiger partial charge in [-0.1, -0.05) is 48.9 Å². The lowest BCUT2D eigenvalue weighted by Gasteiger charge is -2.42. The Morgan fingerprint density at radius 2 is 1.45 bits per heavy atom. The minimum absolute atomic E-state index is 0.327. The summed E-state index contributed by atoms with van der Waals surface area (Å²) in [7, 11) is 0. The van der Waals surface area contributed by atoms with Crippen molar-refractivity contribution >= 4 is 28.3 Å². The fourth-order valence-corrected chi connectivity index (χ4v) is 5.19. The Morgan fingerprint density at radius 3 is 2.19 bits per heavy atom. The third kappa shape index (κ3) is 2.80. The number of amides is 2. The molecule has 5 heteroatoms. The van der Waals surface area contributed by atoms with Crippen molar-refractivity contribution in [1.29, 1.82) is 0 Å². The van der Waals surface area contributed by atoms with E-state index in [1.54, 1.807) is 24.3 Å². The Morgan fingerprint density at radius 1 is 0.774 bits per heavy atom. The number of hydrogen-bond acceptors (Lipinski definition) is 4. The molecule has 1 saturated carbocycles. The van der Waals surface area contributed by atoms with Crippen LogP contribution in [0.1, 0.15) is 64.8 Å². The molecule has 0 unspecified atom stereocenters. The molecule has 3 aliphatic rings. The maximum absolute atomic E-state index is 12.9. The summed E-state index contributed by atoms with van der Waals surface area (Å²) in [4.78, 5) is 25.9. The zero-order valence-corrected chi connectivity index (χ0v) is 17.1. The van der Waals surface area contributed by atoms with E-state index < -0.39 is 0 Å². The lowest BCUT2D eigenvalue weighted by Crippen LogP contribution is -2.44. The van der Waals surface area contributed by atoms with Crippen LogP contribution in [0.5, 0.6) is 5.75 Å². The van der Waals surface area contributed by atoms with Crippen molar-refractivity contribution in [2.75, 3.05) is 0 Å². The van der Waals surface area contributed by atoms with Crippen molar-refractivity contribution in [3.05, 3.63) is 77.4 Å². The Labute approximate surface area is 180 Å². The zero-order chi connectivity index (χ0) is 21.0. The monoisotopic (exact) mass is 410 g/mol. The molecule has 1 spiro atoms. The number of hydrogen-bond donors (Lipinski definition) is 0. The van der Waals surface area contributed by atoms with Gasteiger partial charge in [-0.15, -0.1) is 0 Å². The first-order chi connectivity index (χ1) is 15.2. The Hall–Kier alpha value is -3.47. The average molecular weight is 410 g/mol. The summed E-state index contributed by atoms with van der Waals surface area (Å²) in [6, 6.07) is 19.1. The molecule has 0 atom stereocenters. The summed E-state index contributed by atoms with van der Waals surface area (Å²) in [5, 5.41) is 7.87. The number of carbonyl (C=O) groups excluding carboxylic acids is 2. The number of imide groups is 1. The van der Waals surface area contributed by atoms with Crippen LogP contribution in [0.4, 0.5) is 0 Å². The molecule has 154 valence electrons. The number of fused-ring (bicyclic) bond motifs is 4. The predicted octanol–water partition coefficient (Wildman–Crippen LogP) is 5.33. The highest BCUT2D eigenvalue weighted by molar-refractivity contribution is 6.22. The van der Waals surface area contributed by atoms with Gasteiger partial charge in [0.25, 0.3) is 11.8 Å². The van der Waals surface area contributed by atoms with E-state index in [1.807, 2.05) is 24.3 Å². The molecule has 0 bridgehead atoms. The minimum atomic E-state index is -0.361. The maximum atomic E-state index is 12.9. The summed E-state index contributed by atoms with van der Waals surface area (Å²) in [6.07, 6.45) is 5.94. The number of benzene rings is 3. The van der Waals surface area contributed by atoms with Gasteiger partial charge in [0.2, 0.25) is 0 Å². The molecule has 0 N–H and O–H groups in total. The predicted molar refractivity (Wildman–Crippen MR) is 118 cm³/mol. The van der Waals surface area contributed by atoms with Crippen LogP contribution in [-0.4, -0.2) is 28.1 Å². The molecular formula is C26H22N2O3. The molecule has 1 fully saturated rings. The Bertz CT molecular complexity index is 1240. The highest BCUT2D eigenvalue weighted by Gasteiger charge is 2.43. The second kappa shape index (κ2) is 6.77. The molecule has 3 aromatic rings. The summed E-state index contributed by atoms with van der Waals surface area (Å²) in [6.45, 7) is 0. The third-order valence-corrected chi connectivity index (χ3v) is 6.76. The van der Waals surface area contributed by atoms with Gasteiger partial charge in [0.15, 0.2) is 0 Å². The van der Waals surface area contributed by atoms with Crippen LogP contribution in [0.3, 0.4) is 0 Å². The minimum Gasteiger partial charge on any atom is -0.486 e. The molecule has 6 rings (SSSR count). The summed E-state index contributed by atoms with van der Waals surface area (Å²) >= 11 is 0. The summed E-state index contributed by atoms with van der Waals surface area (Å²) in [5.74, 6) is 0.0980. The van der Waals surface area contributed by atoms with E-state index in [9.17, 15) is 9.59 Å². The van der Waals surface area contributed by atoms with E-state index in [0.717, 1.165) is 58.5 Å². The summed E-state index contributed by atoms with van der Waals surface area (Å²) in [5.41, 5.74) is 2.12. The van der Waals surface area contributed by atoms with E-state index in [2.05, 4.69) is 17.2 Å². The van der Waals surface area contributed by atoms with E-state index in [4.69, 9.17) is 4.74 Å². The molecule has 0 aromatic heterocycles. The van der Waals surface area contributed by atoms with Gasteiger partial charge in [0, 0.05) is 17.4 Å².